The maximum atomic E-state index is 12.5. The summed E-state index contributed by atoms with van der Waals surface area (Å²) in [7, 11) is 0. The normalized spacial score (nSPS) is 35.3. The monoisotopic (exact) mass is 310 g/mol. The molecule has 0 radical (unpaired) electrons. The molecule has 4 fully saturated rings. The molecule has 124 valence electrons. The minimum atomic E-state index is -0.789. The zero-order valence-corrected chi connectivity index (χ0v) is 13.0. The van der Waals surface area contributed by atoms with E-state index >= 15 is 0 Å². The number of ether oxygens (including phenoxy) is 1. The Balaban J connectivity index is 1.52. The van der Waals surface area contributed by atoms with Crippen LogP contribution in [0.1, 0.15) is 25.7 Å². The highest BCUT2D eigenvalue weighted by atomic mass is 16.5. The lowest BCUT2D eigenvalue weighted by molar-refractivity contribution is -0.158. The van der Waals surface area contributed by atoms with Gasteiger partial charge in [0.2, 0.25) is 5.91 Å². The zero-order valence-electron chi connectivity index (χ0n) is 13.0. The van der Waals surface area contributed by atoms with Gasteiger partial charge in [0.15, 0.2) is 0 Å². The van der Waals surface area contributed by atoms with Crippen molar-refractivity contribution in [3.05, 3.63) is 0 Å². The number of carbonyl (C=O) groups excluding carboxylic acids is 1. The molecule has 0 aromatic carbocycles. The van der Waals surface area contributed by atoms with E-state index in [4.69, 9.17) is 4.74 Å². The Morgan fingerprint density at radius 3 is 2.23 bits per heavy atom. The minimum Gasteiger partial charge on any atom is -0.481 e. The van der Waals surface area contributed by atoms with Crippen LogP contribution in [0.5, 0.6) is 0 Å². The molecule has 1 saturated heterocycles. The third-order valence-electron chi connectivity index (χ3n) is 5.64. The summed E-state index contributed by atoms with van der Waals surface area (Å²) in [6.45, 7) is 4.72. The average molecular weight is 310 g/mol. The smallest absolute Gasteiger partial charge is 0.307 e. The van der Waals surface area contributed by atoms with Crippen LogP contribution < -0.4 is 5.32 Å². The molecule has 4 rings (SSSR count). The standard InChI is InChI=1S/C16H26N2O4/c19-15(17-5-6-18-7-9-22-10-8-18)13-11-1-3-12(4-2-11)14(13)16(20)21/h11-14H,1-10H2,(H,17,19)(H,20,21)/t11?,12?,13-,14+/m1/s1. The first-order chi connectivity index (χ1) is 10.7. The van der Waals surface area contributed by atoms with Crippen LogP contribution in [0.25, 0.3) is 0 Å². The van der Waals surface area contributed by atoms with Gasteiger partial charge in [0, 0.05) is 26.2 Å². The summed E-state index contributed by atoms with van der Waals surface area (Å²) < 4.78 is 5.30. The van der Waals surface area contributed by atoms with Gasteiger partial charge >= 0.3 is 5.97 Å². The van der Waals surface area contributed by atoms with Crippen LogP contribution in [0.15, 0.2) is 0 Å². The van der Waals surface area contributed by atoms with Crippen molar-refractivity contribution in [1.29, 1.82) is 0 Å². The van der Waals surface area contributed by atoms with Crippen molar-refractivity contribution in [2.75, 3.05) is 39.4 Å². The van der Waals surface area contributed by atoms with Gasteiger partial charge in [0.05, 0.1) is 25.0 Å². The van der Waals surface area contributed by atoms with Gasteiger partial charge in [0.1, 0.15) is 0 Å². The second-order valence-corrected chi connectivity index (χ2v) is 6.81. The van der Waals surface area contributed by atoms with E-state index in [1.165, 1.54) is 0 Å². The lowest BCUT2D eigenvalue weighted by atomic mass is 9.58. The third kappa shape index (κ3) is 3.27. The van der Waals surface area contributed by atoms with E-state index in [1.54, 1.807) is 0 Å². The SMILES string of the molecule is O=C(NCCN1CCOCC1)[C@@H]1C2CCC(CC2)[C@@H]1C(=O)O. The number of carbonyl (C=O) groups is 2. The Labute approximate surface area is 131 Å². The second-order valence-electron chi connectivity index (χ2n) is 6.81. The Bertz CT molecular complexity index is 414. The number of hydrogen-bond acceptors (Lipinski definition) is 4. The Morgan fingerprint density at radius 1 is 1.05 bits per heavy atom. The van der Waals surface area contributed by atoms with Gasteiger partial charge in [-0.2, -0.15) is 0 Å². The number of fused-ring (bicyclic) bond motifs is 3. The molecule has 1 amide bonds. The fourth-order valence-corrected chi connectivity index (χ4v) is 4.46. The van der Waals surface area contributed by atoms with Crippen LogP contribution in [0.4, 0.5) is 0 Å². The molecular formula is C16H26N2O4. The molecule has 0 unspecified atom stereocenters. The summed E-state index contributed by atoms with van der Waals surface area (Å²) in [6, 6.07) is 0. The number of nitrogens with zero attached hydrogens (tertiary/aromatic N) is 1. The van der Waals surface area contributed by atoms with Crippen LogP contribution >= 0.6 is 0 Å². The molecule has 6 heteroatoms. The Hall–Kier alpha value is -1.14. The molecule has 1 aliphatic heterocycles. The second kappa shape index (κ2) is 6.96. The van der Waals surface area contributed by atoms with Crippen molar-refractivity contribution >= 4 is 11.9 Å². The van der Waals surface area contributed by atoms with Gasteiger partial charge in [-0.3, -0.25) is 14.5 Å². The van der Waals surface area contributed by atoms with E-state index in [0.717, 1.165) is 58.5 Å². The highest BCUT2D eigenvalue weighted by Crippen LogP contribution is 2.49. The summed E-state index contributed by atoms with van der Waals surface area (Å²) >= 11 is 0. The van der Waals surface area contributed by atoms with Gasteiger partial charge in [-0.25, -0.2) is 0 Å². The molecule has 0 aromatic rings. The molecule has 3 aliphatic carbocycles. The zero-order chi connectivity index (χ0) is 15.5. The summed E-state index contributed by atoms with van der Waals surface area (Å²) in [6.07, 6.45) is 3.96. The number of nitrogens with one attached hydrogen (secondary N) is 1. The molecule has 0 aromatic heterocycles. The molecule has 2 bridgehead atoms. The maximum Gasteiger partial charge on any atom is 0.307 e. The molecule has 1 heterocycles. The fourth-order valence-electron chi connectivity index (χ4n) is 4.46. The van der Waals surface area contributed by atoms with E-state index in [1.807, 2.05) is 0 Å². The predicted octanol–water partition coefficient (Wildman–Crippen LogP) is 0.572. The molecule has 0 spiro atoms. The van der Waals surface area contributed by atoms with Crippen molar-refractivity contribution in [1.82, 2.24) is 10.2 Å². The van der Waals surface area contributed by atoms with Gasteiger partial charge in [-0.15, -0.1) is 0 Å². The predicted molar refractivity (Wildman–Crippen MR) is 80.3 cm³/mol. The van der Waals surface area contributed by atoms with Gasteiger partial charge in [-0.1, -0.05) is 0 Å². The summed E-state index contributed by atoms with van der Waals surface area (Å²) in [4.78, 5) is 26.4. The van der Waals surface area contributed by atoms with Crippen molar-refractivity contribution in [3.8, 4) is 0 Å². The topological polar surface area (TPSA) is 78.9 Å². The van der Waals surface area contributed by atoms with Gasteiger partial charge < -0.3 is 15.2 Å². The summed E-state index contributed by atoms with van der Waals surface area (Å²) in [5.41, 5.74) is 0. The Morgan fingerprint density at radius 2 is 1.64 bits per heavy atom. The van der Waals surface area contributed by atoms with Crippen molar-refractivity contribution in [2.24, 2.45) is 23.7 Å². The summed E-state index contributed by atoms with van der Waals surface area (Å²) in [5, 5.41) is 12.5. The first-order valence-electron chi connectivity index (χ1n) is 8.47. The van der Waals surface area contributed by atoms with Crippen molar-refractivity contribution in [3.63, 3.8) is 0 Å². The Kier molecular flexibility index (Phi) is 4.98. The van der Waals surface area contributed by atoms with Crippen molar-refractivity contribution in [2.45, 2.75) is 25.7 Å². The van der Waals surface area contributed by atoms with E-state index < -0.39 is 11.9 Å². The quantitative estimate of drug-likeness (QED) is 0.776. The van der Waals surface area contributed by atoms with E-state index in [9.17, 15) is 14.7 Å². The number of carboxylic acids is 1. The number of hydrogen-bond donors (Lipinski definition) is 2. The van der Waals surface area contributed by atoms with Gasteiger partial charge in [0.25, 0.3) is 0 Å². The number of carboxylic acid groups (broad SMARTS) is 1. The van der Waals surface area contributed by atoms with Crippen molar-refractivity contribution < 1.29 is 19.4 Å². The third-order valence-corrected chi connectivity index (χ3v) is 5.64. The number of morpholine rings is 1. The van der Waals surface area contributed by atoms with Crippen LogP contribution in [-0.2, 0) is 14.3 Å². The van der Waals surface area contributed by atoms with Crippen LogP contribution in [0.3, 0.4) is 0 Å². The molecule has 3 saturated carbocycles. The highest BCUT2D eigenvalue weighted by molar-refractivity contribution is 5.85. The average Bonchev–Trinajstić information content (AvgIpc) is 2.55. The maximum absolute atomic E-state index is 12.5. The van der Waals surface area contributed by atoms with Gasteiger partial charge in [-0.05, 0) is 37.5 Å². The number of aliphatic carboxylic acids is 1. The van der Waals surface area contributed by atoms with Crippen LogP contribution in [0.2, 0.25) is 0 Å². The molecule has 6 nitrogen and oxygen atoms in total. The van der Waals surface area contributed by atoms with Crippen LogP contribution in [-0.4, -0.2) is 61.3 Å². The van der Waals surface area contributed by atoms with E-state index in [0.29, 0.717) is 6.54 Å². The molecule has 4 aliphatic rings. The molecular weight excluding hydrogens is 284 g/mol. The summed E-state index contributed by atoms with van der Waals surface area (Å²) in [5.74, 6) is -1.18. The molecule has 2 atom stereocenters. The van der Waals surface area contributed by atoms with Crippen LogP contribution in [0, 0.1) is 23.7 Å². The highest BCUT2D eigenvalue weighted by Gasteiger charge is 2.50. The lowest BCUT2D eigenvalue weighted by Crippen LogP contribution is -2.51. The first-order valence-corrected chi connectivity index (χ1v) is 8.47. The van der Waals surface area contributed by atoms with E-state index in [2.05, 4.69) is 10.2 Å². The lowest BCUT2D eigenvalue weighted by Gasteiger charge is -2.45. The molecule has 22 heavy (non-hydrogen) atoms. The number of amides is 1. The molecule has 2 N–H and O–H groups in total. The minimum absolute atomic E-state index is 0.0462. The largest absolute Gasteiger partial charge is 0.481 e. The fraction of sp³-hybridized carbons (Fsp3) is 0.875. The van der Waals surface area contributed by atoms with E-state index in [-0.39, 0.29) is 23.7 Å². The first kappa shape index (κ1) is 15.7. The number of rotatable bonds is 5.